The second-order valence-electron chi connectivity index (χ2n) is 6.68. The fourth-order valence-electron chi connectivity index (χ4n) is 3.31. The zero-order chi connectivity index (χ0) is 18.1. The van der Waals surface area contributed by atoms with Crippen LogP contribution in [0.1, 0.15) is 24.8 Å². The molecule has 136 valence electrons. The molecule has 0 saturated carbocycles. The second kappa shape index (κ2) is 6.74. The molecule has 1 aliphatic rings. The minimum absolute atomic E-state index is 0.261. The van der Waals surface area contributed by atoms with Crippen LogP contribution in [0.4, 0.5) is 5.69 Å². The van der Waals surface area contributed by atoms with E-state index in [9.17, 15) is 8.42 Å². The van der Waals surface area contributed by atoms with Gasteiger partial charge < -0.3 is 5.43 Å². The van der Waals surface area contributed by atoms with Crippen molar-refractivity contribution in [2.45, 2.75) is 31.1 Å². The number of rotatable bonds is 4. The smallest absolute Gasteiger partial charge is 0.269 e. The lowest BCUT2D eigenvalue weighted by Gasteiger charge is -2.28. The average molecular weight is 370 g/mol. The number of hydrazine groups is 1. The van der Waals surface area contributed by atoms with Crippen LogP contribution in [0.5, 0.6) is 0 Å². The summed E-state index contributed by atoms with van der Waals surface area (Å²) < 4.78 is 27.3. The molecule has 2 aromatic heterocycles. The fourth-order valence-corrected chi connectivity index (χ4v) is 4.61. The molecule has 1 aliphatic heterocycles. The van der Waals surface area contributed by atoms with E-state index in [1.807, 2.05) is 13.0 Å². The molecule has 3 heterocycles. The van der Waals surface area contributed by atoms with E-state index < -0.39 is 10.0 Å². The SMILES string of the molecule is Cc1ccc(S(=O)(=O)n2ccc3c(NN4CCCCC4)ccnc32)cc1. The molecule has 0 amide bonds. The van der Waals surface area contributed by atoms with Crippen molar-refractivity contribution in [1.29, 1.82) is 0 Å². The van der Waals surface area contributed by atoms with Gasteiger partial charge in [0.15, 0.2) is 5.65 Å². The summed E-state index contributed by atoms with van der Waals surface area (Å²) >= 11 is 0. The number of hydrogen-bond donors (Lipinski definition) is 1. The summed E-state index contributed by atoms with van der Waals surface area (Å²) in [5.41, 5.74) is 5.76. The topological polar surface area (TPSA) is 67.2 Å². The number of hydrogen-bond acceptors (Lipinski definition) is 5. The minimum Gasteiger partial charge on any atom is -0.318 e. The van der Waals surface area contributed by atoms with Gasteiger partial charge in [0.1, 0.15) is 0 Å². The molecular formula is C19H22N4O2S. The van der Waals surface area contributed by atoms with Gasteiger partial charge in [-0.25, -0.2) is 22.4 Å². The van der Waals surface area contributed by atoms with E-state index in [1.165, 1.54) is 23.2 Å². The van der Waals surface area contributed by atoms with E-state index >= 15 is 0 Å². The number of benzene rings is 1. The molecule has 0 radical (unpaired) electrons. The first kappa shape index (κ1) is 17.1. The van der Waals surface area contributed by atoms with Crippen molar-refractivity contribution in [3.8, 4) is 0 Å². The standard InChI is InChI=1S/C19H22N4O2S/c1-15-5-7-16(8-6-15)26(24,25)23-14-10-17-18(9-11-20-19(17)23)21-22-12-3-2-4-13-22/h5-11,14H,2-4,12-13H2,1H3,(H,20,21). The first-order chi connectivity index (χ1) is 12.6. The van der Waals surface area contributed by atoms with Crippen LogP contribution in [0.3, 0.4) is 0 Å². The largest absolute Gasteiger partial charge is 0.318 e. The number of pyridine rings is 1. The number of anilines is 1. The Hall–Kier alpha value is -2.38. The number of piperidine rings is 1. The number of nitrogens with one attached hydrogen (secondary N) is 1. The molecule has 6 nitrogen and oxygen atoms in total. The van der Waals surface area contributed by atoms with E-state index in [2.05, 4.69) is 15.4 Å². The van der Waals surface area contributed by atoms with Crippen LogP contribution < -0.4 is 5.43 Å². The molecule has 0 aliphatic carbocycles. The normalized spacial score (nSPS) is 16.0. The summed E-state index contributed by atoms with van der Waals surface area (Å²) in [6.07, 6.45) is 6.83. The van der Waals surface area contributed by atoms with E-state index in [4.69, 9.17) is 0 Å². The third kappa shape index (κ3) is 3.08. The maximum atomic E-state index is 13.0. The summed E-state index contributed by atoms with van der Waals surface area (Å²) in [5.74, 6) is 0. The van der Waals surface area contributed by atoms with Crippen LogP contribution in [-0.4, -0.2) is 35.5 Å². The van der Waals surface area contributed by atoms with Crippen LogP contribution >= 0.6 is 0 Å². The molecule has 3 aromatic rings. The second-order valence-corrected chi connectivity index (χ2v) is 8.50. The Morgan fingerprint density at radius 3 is 2.46 bits per heavy atom. The van der Waals surface area contributed by atoms with Gasteiger partial charge in [-0.15, -0.1) is 0 Å². The van der Waals surface area contributed by atoms with Gasteiger partial charge in [0.2, 0.25) is 0 Å². The number of fused-ring (bicyclic) bond motifs is 1. The Balaban J connectivity index is 1.73. The molecule has 1 fully saturated rings. The Morgan fingerprint density at radius 1 is 1.00 bits per heavy atom. The molecule has 0 spiro atoms. The zero-order valence-corrected chi connectivity index (χ0v) is 15.5. The Kier molecular flexibility index (Phi) is 4.42. The van der Waals surface area contributed by atoms with E-state index in [0.717, 1.165) is 29.7 Å². The summed E-state index contributed by atoms with van der Waals surface area (Å²) in [5, 5.41) is 2.98. The third-order valence-electron chi connectivity index (χ3n) is 4.77. The lowest BCUT2D eigenvalue weighted by atomic mass is 10.2. The highest BCUT2D eigenvalue weighted by Crippen LogP contribution is 2.27. The lowest BCUT2D eigenvalue weighted by molar-refractivity contribution is 0.273. The van der Waals surface area contributed by atoms with Crippen LogP contribution in [0.15, 0.2) is 53.7 Å². The molecular weight excluding hydrogens is 348 g/mol. The maximum absolute atomic E-state index is 13.0. The molecule has 0 bridgehead atoms. The predicted octanol–water partition coefficient (Wildman–Crippen LogP) is 3.39. The predicted molar refractivity (Wildman–Crippen MR) is 103 cm³/mol. The Morgan fingerprint density at radius 2 is 1.73 bits per heavy atom. The Labute approximate surface area is 153 Å². The molecule has 1 saturated heterocycles. The van der Waals surface area contributed by atoms with Crippen molar-refractivity contribution >= 4 is 26.7 Å². The lowest BCUT2D eigenvalue weighted by Crippen LogP contribution is -2.34. The van der Waals surface area contributed by atoms with Gasteiger partial charge in [-0.05, 0) is 44.0 Å². The van der Waals surface area contributed by atoms with Crippen molar-refractivity contribution in [2.75, 3.05) is 18.5 Å². The zero-order valence-electron chi connectivity index (χ0n) is 14.7. The first-order valence-electron chi connectivity index (χ1n) is 8.86. The van der Waals surface area contributed by atoms with Gasteiger partial charge in [-0.1, -0.05) is 24.1 Å². The molecule has 0 atom stereocenters. The highest BCUT2D eigenvalue weighted by atomic mass is 32.2. The number of aromatic nitrogens is 2. The van der Waals surface area contributed by atoms with Crippen molar-refractivity contribution in [2.24, 2.45) is 0 Å². The van der Waals surface area contributed by atoms with Crippen LogP contribution in [0, 0.1) is 6.92 Å². The van der Waals surface area contributed by atoms with Crippen molar-refractivity contribution in [3.05, 3.63) is 54.4 Å². The highest BCUT2D eigenvalue weighted by Gasteiger charge is 2.21. The van der Waals surface area contributed by atoms with Gasteiger partial charge in [0.25, 0.3) is 10.0 Å². The van der Waals surface area contributed by atoms with Crippen LogP contribution in [0.2, 0.25) is 0 Å². The summed E-state index contributed by atoms with van der Waals surface area (Å²) in [7, 11) is -3.68. The molecule has 7 heteroatoms. The van der Waals surface area contributed by atoms with Gasteiger partial charge in [-0.3, -0.25) is 0 Å². The molecule has 4 rings (SSSR count). The molecule has 1 N–H and O–H groups in total. The van der Waals surface area contributed by atoms with Crippen LogP contribution in [0.25, 0.3) is 11.0 Å². The van der Waals surface area contributed by atoms with Gasteiger partial charge in [-0.2, -0.15) is 0 Å². The summed E-state index contributed by atoms with van der Waals surface area (Å²) in [4.78, 5) is 4.59. The van der Waals surface area contributed by atoms with E-state index in [1.54, 1.807) is 42.7 Å². The molecule has 26 heavy (non-hydrogen) atoms. The average Bonchev–Trinajstić information content (AvgIpc) is 3.09. The van der Waals surface area contributed by atoms with Crippen molar-refractivity contribution < 1.29 is 8.42 Å². The molecule has 1 aromatic carbocycles. The van der Waals surface area contributed by atoms with E-state index in [-0.39, 0.29) is 4.90 Å². The van der Waals surface area contributed by atoms with Gasteiger partial charge in [0.05, 0.1) is 10.6 Å². The minimum atomic E-state index is -3.68. The quantitative estimate of drug-likeness (QED) is 0.762. The highest BCUT2D eigenvalue weighted by molar-refractivity contribution is 7.90. The van der Waals surface area contributed by atoms with Gasteiger partial charge >= 0.3 is 0 Å². The summed E-state index contributed by atoms with van der Waals surface area (Å²) in [6.45, 7) is 3.92. The van der Waals surface area contributed by atoms with Crippen molar-refractivity contribution in [3.63, 3.8) is 0 Å². The summed E-state index contributed by atoms with van der Waals surface area (Å²) in [6, 6.07) is 10.6. The fraction of sp³-hybridized carbons (Fsp3) is 0.316. The van der Waals surface area contributed by atoms with Crippen molar-refractivity contribution in [1.82, 2.24) is 14.0 Å². The monoisotopic (exact) mass is 370 g/mol. The number of aryl methyl sites for hydroxylation is 1. The molecule has 0 unspecified atom stereocenters. The van der Waals surface area contributed by atoms with Crippen LogP contribution in [-0.2, 0) is 10.0 Å². The Bertz CT molecular complexity index is 1020. The third-order valence-corrected chi connectivity index (χ3v) is 6.45. The number of nitrogens with zero attached hydrogens (tertiary/aromatic N) is 3. The van der Waals surface area contributed by atoms with Gasteiger partial charge in [0, 0.05) is 30.9 Å². The first-order valence-corrected chi connectivity index (χ1v) is 10.3. The van der Waals surface area contributed by atoms with E-state index in [0.29, 0.717) is 5.65 Å². The maximum Gasteiger partial charge on any atom is 0.269 e.